The van der Waals surface area contributed by atoms with Gasteiger partial charge in [-0.2, -0.15) is 0 Å². The van der Waals surface area contributed by atoms with Gasteiger partial charge in [0.05, 0.1) is 21.1 Å². The smallest absolute Gasteiger partial charge is 0.326 e. The zero-order valence-corrected chi connectivity index (χ0v) is 15.4. The summed E-state index contributed by atoms with van der Waals surface area (Å²) < 4.78 is 5.09. The molecule has 1 fully saturated rings. The lowest BCUT2D eigenvalue weighted by Crippen LogP contribution is -2.35. The lowest BCUT2D eigenvalue weighted by molar-refractivity contribution is -0.150. The Morgan fingerprint density at radius 2 is 2.08 bits per heavy atom. The first-order valence-corrected chi connectivity index (χ1v) is 8.79. The van der Waals surface area contributed by atoms with Crippen LogP contribution in [-0.4, -0.2) is 34.7 Å². The van der Waals surface area contributed by atoms with Gasteiger partial charge in [-0.25, -0.2) is 0 Å². The van der Waals surface area contributed by atoms with Crippen LogP contribution in [0.4, 0.5) is 4.79 Å². The van der Waals surface area contributed by atoms with Crippen LogP contribution in [0.1, 0.15) is 25.8 Å². The van der Waals surface area contributed by atoms with E-state index in [0.29, 0.717) is 22.0 Å². The van der Waals surface area contributed by atoms with E-state index in [1.165, 1.54) is 6.08 Å². The number of thioether (sulfide) groups is 1. The summed E-state index contributed by atoms with van der Waals surface area (Å²) in [6.45, 7) is 3.21. The molecule has 128 valence electrons. The highest BCUT2D eigenvalue weighted by Crippen LogP contribution is 2.34. The molecule has 0 bridgehead atoms. The predicted molar refractivity (Wildman–Crippen MR) is 95.0 cm³/mol. The summed E-state index contributed by atoms with van der Waals surface area (Å²) in [4.78, 5) is 37.2. The molecule has 1 aliphatic rings. The Bertz CT molecular complexity index is 720. The van der Waals surface area contributed by atoms with Crippen LogP contribution in [0.2, 0.25) is 10.0 Å². The zero-order chi connectivity index (χ0) is 17.9. The third-order valence-corrected chi connectivity index (χ3v) is 5.08. The van der Waals surface area contributed by atoms with Crippen molar-refractivity contribution in [3.05, 3.63) is 38.7 Å². The molecule has 0 aliphatic carbocycles. The summed E-state index contributed by atoms with van der Waals surface area (Å²) in [7, 11) is 0. The van der Waals surface area contributed by atoms with Crippen molar-refractivity contribution in [1.82, 2.24) is 4.90 Å². The molecule has 0 unspecified atom stereocenters. The number of carbonyl (C=O) groups is 3. The summed E-state index contributed by atoms with van der Waals surface area (Å²) in [5, 5.41) is 0.120. The van der Waals surface area contributed by atoms with Crippen LogP contribution < -0.4 is 0 Å². The van der Waals surface area contributed by atoms with Gasteiger partial charge in [0.1, 0.15) is 6.54 Å². The van der Waals surface area contributed by atoms with E-state index in [-0.39, 0.29) is 11.0 Å². The number of halogens is 2. The van der Waals surface area contributed by atoms with Crippen molar-refractivity contribution >= 4 is 58.2 Å². The number of nitrogens with zero attached hydrogens (tertiary/aromatic N) is 1. The molecule has 1 aromatic rings. The minimum Gasteiger partial charge on any atom is -0.461 e. The van der Waals surface area contributed by atoms with Gasteiger partial charge in [0.2, 0.25) is 0 Å². The molecule has 0 aromatic heterocycles. The molecule has 1 aromatic carbocycles. The number of esters is 1. The third-order valence-electron chi connectivity index (χ3n) is 3.34. The van der Waals surface area contributed by atoms with E-state index in [1.54, 1.807) is 25.1 Å². The number of hydrogen-bond acceptors (Lipinski definition) is 5. The van der Waals surface area contributed by atoms with E-state index >= 15 is 0 Å². The van der Waals surface area contributed by atoms with Gasteiger partial charge >= 0.3 is 5.97 Å². The van der Waals surface area contributed by atoms with Crippen molar-refractivity contribution in [2.45, 2.75) is 26.4 Å². The minimum atomic E-state index is -0.617. The number of hydrogen-bond donors (Lipinski definition) is 0. The standard InChI is InChI=1S/C16H15Cl2NO4S/c1-3-9(2)23-13(20)8-19-15(21)12(24-16(19)22)7-10-5-4-6-11(17)14(10)18/h4-7,9H,3,8H2,1-2H3/b12-7+/t9-/m0/s1. The Kier molecular flexibility index (Phi) is 6.32. The number of imide groups is 1. The maximum absolute atomic E-state index is 12.3. The van der Waals surface area contributed by atoms with E-state index in [9.17, 15) is 14.4 Å². The van der Waals surface area contributed by atoms with Gasteiger partial charge in [-0.1, -0.05) is 42.3 Å². The average Bonchev–Trinajstić information content (AvgIpc) is 2.79. The average molecular weight is 388 g/mol. The highest BCUT2D eigenvalue weighted by atomic mass is 35.5. The Morgan fingerprint density at radius 3 is 2.75 bits per heavy atom. The SMILES string of the molecule is CC[C@H](C)OC(=O)CN1C(=O)S/C(=C/c2cccc(Cl)c2Cl)C1=O. The molecule has 2 amide bonds. The highest BCUT2D eigenvalue weighted by Gasteiger charge is 2.37. The Morgan fingerprint density at radius 1 is 1.38 bits per heavy atom. The molecule has 8 heteroatoms. The molecule has 5 nitrogen and oxygen atoms in total. The van der Waals surface area contributed by atoms with Crippen LogP contribution in [-0.2, 0) is 14.3 Å². The lowest BCUT2D eigenvalue weighted by atomic mass is 10.2. The van der Waals surface area contributed by atoms with Crippen LogP contribution in [0, 0.1) is 0 Å². The van der Waals surface area contributed by atoms with Crippen LogP contribution in [0.15, 0.2) is 23.1 Å². The normalized spacial score (nSPS) is 17.5. The van der Waals surface area contributed by atoms with Crippen molar-refractivity contribution in [2.75, 3.05) is 6.54 Å². The quantitative estimate of drug-likeness (QED) is 0.554. The maximum Gasteiger partial charge on any atom is 0.326 e. The van der Waals surface area contributed by atoms with Crippen molar-refractivity contribution in [3.63, 3.8) is 0 Å². The summed E-state index contributed by atoms with van der Waals surface area (Å²) in [6.07, 6.45) is 1.87. The highest BCUT2D eigenvalue weighted by molar-refractivity contribution is 8.18. The monoisotopic (exact) mass is 387 g/mol. The van der Waals surface area contributed by atoms with Crippen molar-refractivity contribution < 1.29 is 19.1 Å². The topological polar surface area (TPSA) is 63.7 Å². The second kappa shape index (κ2) is 8.05. The van der Waals surface area contributed by atoms with E-state index in [1.807, 2.05) is 6.92 Å². The van der Waals surface area contributed by atoms with Crippen molar-refractivity contribution in [2.24, 2.45) is 0 Å². The zero-order valence-electron chi connectivity index (χ0n) is 13.0. The van der Waals surface area contributed by atoms with Gasteiger partial charge in [0.25, 0.3) is 11.1 Å². The Balaban J connectivity index is 2.15. The molecule has 0 N–H and O–H groups in total. The molecule has 24 heavy (non-hydrogen) atoms. The first-order valence-electron chi connectivity index (χ1n) is 7.22. The minimum absolute atomic E-state index is 0.181. The molecule has 0 radical (unpaired) electrons. The fourth-order valence-electron chi connectivity index (χ4n) is 1.88. The van der Waals surface area contributed by atoms with Crippen LogP contribution in [0.25, 0.3) is 6.08 Å². The van der Waals surface area contributed by atoms with Gasteiger partial charge < -0.3 is 4.74 Å². The molecule has 1 saturated heterocycles. The van der Waals surface area contributed by atoms with E-state index in [0.717, 1.165) is 16.7 Å². The Labute approximate surface area is 153 Å². The lowest BCUT2D eigenvalue weighted by Gasteiger charge is -2.14. The number of carbonyl (C=O) groups excluding carboxylic acids is 3. The summed E-state index contributed by atoms with van der Waals surface area (Å²) >= 11 is 12.8. The maximum atomic E-state index is 12.3. The number of rotatable bonds is 5. The van der Waals surface area contributed by atoms with Crippen LogP contribution >= 0.6 is 35.0 Å². The molecule has 0 spiro atoms. The van der Waals surface area contributed by atoms with Crippen LogP contribution in [0.3, 0.4) is 0 Å². The Hall–Kier alpha value is -1.50. The molecular formula is C16H15Cl2NO4S. The summed E-state index contributed by atoms with van der Waals surface area (Å²) in [5.41, 5.74) is 0.525. The van der Waals surface area contributed by atoms with Gasteiger partial charge in [0.15, 0.2) is 0 Å². The number of benzene rings is 1. The number of ether oxygens (including phenoxy) is 1. The van der Waals surface area contributed by atoms with Crippen molar-refractivity contribution in [1.29, 1.82) is 0 Å². The predicted octanol–water partition coefficient (Wildman–Crippen LogP) is 4.37. The van der Waals surface area contributed by atoms with Gasteiger partial charge in [0, 0.05) is 0 Å². The second-order valence-corrected chi connectivity index (χ2v) is 6.90. The molecule has 1 aliphatic heterocycles. The fraction of sp³-hybridized carbons (Fsp3) is 0.312. The van der Waals surface area contributed by atoms with E-state index in [4.69, 9.17) is 27.9 Å². The molecule has 1 atom stereocenters. The van der Waals surface area contributed by atoms with Gasteiger partial charge in [-0.05, 0) is 42.8 Å². The van der Waals surface area contributed by atoms with E-state index < -0.39 is 23.7 Å². The molecule has 2 rings (SSSR count). The van der Waals surface area contributed by atoms with Crippen LogP contribution in [0.5, 0.6) is 0 Å². The molecule has 0 saturated carbocycles. The first kappa shape index (κ1) is 18.8. The molecular weight excluding hydrogens is 373 g/mol. The van der Waals surface area contributed by atoms with Gasteiger partial charge in [-0.3, -0.25) is 19.3 Å². The largest absolute Gasteiger partial charge is 0.461 e. The van der Waals surface area contributed by atoms with Gasteiger partial charge in [-0.15, -0.1) is 0 Å². The molecule has 1 heterocycles. The third kappa shape index (κ3) is 4.32. The first-order chi connectivity index (χ1) is 11.3. The number of amides is 2. The van der Waals surface area contributed by atoms with E-state index in [2.05, 4.69) is 0 Å². The summed E-state index contributed by atoms with van der Waals surface area (Å²) in [5.74, 6) is -1.17. The summed E-state index contributed by atoms with van der Waals surface area (Å²) in [6, 6.07) is 4.99. The fourth-order valence-corrected chi connectivity index (χ4v) is 3.08. The second-order valence-electron chi connectivity index (χ2n) is 5.12. The van der Waals surface area contributed by atoms with Crippen molar-refractivity contribution in [3.8, 4) is 0 Å².